The summed E-state index contributed by atoms with van der Waals surface area (Å²) in [7, 11) is -3.25. The van der Waals surface area contributed by atoms with Crippen molar-refractivity contribution in [3.05, 3.63) is 60.7 Å². The third kappa shape index (κ3) is 3.19. The molecule has 0 aliphatic rings. The Hall–Kier alpha value is -3.12. The highest BCUT2D eigenvalue weighted by Crippen LogP contribution is 2.33. The molecule has 0 saturated heterocycles. The van der Waals surface area contributed by atoms with Crippen LogP contribution in [0.25, 0.3) is 32.9 Å². The largest absolute Gasteiger partial charge is 0.399 e. The average Bonchev–Trinajstić information content (AvgIpc) is 2.72. The third-order valence-corrected chi connectivity index (χ3v) is 7.11. The van der Waals surface area contributed by atoms with Crippen molar-refractivity contribution in [2.45, 2.75) is 25.3 Å². The summed E-state index contributed by atoms with van der Waals surface area (Å²) in [6, 6.07) is 18.9. The predicted octanol–water partition coefficient (Wildman–Crippen LogP) is 3.93. The lowest BCUT2D eigenvalue weighted by Crippen LogP contribution is -2.36. The quantitative estimate of drug-likeness (QED) is 0.305. The number of benzene rings is 3. The van der Waals surface area contributed by atoms with Gasteiger partial charge >= 0.3 is 0 Å². The van der Waals surface area contributed by atoms with E-state index in [0.717, 1.165) is 39.5 Å². The van der Waals surface area contributed by atoms with Gasteiger partial charge in [-0.1, -0.05) is 13.0 Å². The highest BCUT2D eigenvalue weighted by molar-refractivity contribution is 7.91. The average molecular weight is 407 g/mol. The van der Waals surface area contributed by atoms with Crippen molar-refractivity contribution in [2.24, 2.45) is 0 Å². The fourth-order valence-corrected chi connectivity index (χ4v) is 4.77. The van der Waals surface area contributed by atoms with E-state index in [9.17, 15) is 8.42 Å². The molecular weight excluding hydrogens is 382 g/mol. The van der Waals surface area contributed by atoms with Gasteiger partial charge in [-0.05, 0) is 55.5 Å². The molecule has 0 radical (unpaired) electrons. The van der Waals surface area contributed by atoms with Crippen LogP contribution < -0.4 is 16.0 Å². The van der Waals surface area contributed by atoms with Crippen LogP contribution in [0.1, 0.15) is 13.8 Å². The maximum Gasteiger partial charge on any atom is 0.220 e. The number of sulfone groups is 1. The summed E-state index contributed by atoms with van der Waals surface area (Å²) >= 11 is 0. The van der Waals surface area contributed by atoms with Gasteiger partial charge in [-0.25, -0.2) is 8.42 Å². The molecule has 4 N–H and O–H groups in total. The van der Waals surface area contributed by atoms with Gasteiger partial charge in [0.15, 0.2) is 9.84 Å². The number of hydrogen-bond acceptors (Lipinski definition) is 4. The zero-order valence-electron chi connectivity index (χ0n) is 16.5. The molecule has 4 rings (SSSR count). The second-order valence-electron chi connectivity index (χ2n) is 7.10. The van der Waals surface area contributed by atoms with E-state index < -0.39 is 9.84 Å². The number of hydrogen-bond donors (Lipinski definition) is 2. The molecule has 0 amide bonds. The zero-order chi connectivity index (χ0) is 20.8. The molecule has 0 unspecified atom stereocenters. The third-order valence-electron chi connectivity index (χ3n) is 5.35. The van der Waals surface area contributed by atoms with Crippen molar-refractivity contribution in [1.29, 1.82) is 0 Å². The Morgan fingerprint density at radius 3 is 2.03 bits per heavy atom. The number of aromatic nitrogens is 1. The van der Waals surface area contributed by atoms with Gasteiger partial charge in [0.2, 0.25) is 11.2 Å². The first-order valence-corrected chi connectivity index (χ1v) is 11.3. The molecule has 6 heteroatoms. The molecule has 0 saturated carbocycles. The van der Waals surface area contributed by atoms with Crippen molar-refractivity contribution in [1.82, 2.24) is 0 Å². The summed E-state index contributed by atoms with van der Waals surface area (Å²) in [5, 5.41) is 3.21. The Kier molecular flexibility index (Phi) is 4.67. The molecule has 148 valence electrons. The molecule has 0 atom stereocenters. The second-order valence-corrected chi connectivity index (χ2v) is 9.38. The lowest BCUT2D eigenvalue weighted by Gasteiger charge is -2.12. The molecular formula is C23H24N3O2S+. The topological polar surface area (TPSA) is 90.1 Å². The fraction of sp³-hybridized carbons (Fsp3) is 0.174. The molecule has 29 heavy (non-hydrogen) atoms. The van der Waals surface area contributed by atoms with Gasteiger partial charge in [-0.3, -0.25) is 0 Å². The Morgan fingerprint density at radius 1 is 0.793 bits per heavy atom. The van der Waals surface area contributed by atoms with E-state index in [0.29, 0.717) is 16.3 Å². The molecule has 0 aliphatic heterocycles. The van der Waals surface area contributed by atoms with Crippen LogP contribution >= 0.6 is 0 Å². The van der Waals surface area contributed by atoms with Crippen LogP contribution in [-0.4, -0.2) is 14.2 Å². The van der Waals surface area contributed by atoms with Gasteiger partial charge in [-0.15, -0.1) is 0 Å². The number of nitrogen functional groups attached to an aromatic ring is 2. The smallest absolute Gasteiger partial charge is 0.220 e. The van der Waals surface area contributed by atoms with Gasteiger partial charge in [0, 0.05) is 28.4 Å². The Labute approximate surface area is 170 Å². The van der Waals surface area contributed by atoms with E-state index in [1.807, 2.05) is 48.5 Å². The van der Waals surface area contributed by atoms with Gasteiger partial charge in [-0.2, -0.15) is 4.57 Å². The number of pyridine rings is 1. The van der Waals surface area contributed by atoms with Gasteiger partial charge in [0.05, 0.1) is 21.4 Å². The SMILES string of the molecule is CC[n+]1c(-c2ccc(S(=O)(=O)CC)cc2)c2cc(N)ccc2c2ccc(N)cc21. The van der Waals surface area contributed by atoms with E-state index in [1.54, 1.807) is 19.1 Å². The second kappa shape index (κ2) is 7.04. The molecule has 0 bridgehead atoms. The van der Waals surface area contributed by atoms with Crippen LogP contribution in [0.2, 0.25) is 0 Å². The van der Waals surface area contributed by atoms with Crippen LogP contribution in [0.3, 0.4) is 0 Å². The first-order chi connectivity index (χ1) is 13.9. The minimum absolute atomic E-state index is 0.0794. The first kappa shape index (κ1) is 19.2. The summed E-state index contributed by atoms with van der Waals surface area (Å²) in [4.78, 5) is 0.334. The van der Waals surface area contributed by atoms with E-state index >= 15 is 0 Å². The Morgan fingerprint density at radius 2 is 1.41 bits per heavy atom. The summed E-state index contributed by atoms with van der Waals surface area (Å²) in [5.74, 6) is 0.0794. The summed E-state index contributed by atoms with van der Waals surface area (Å²) in [6.07, 6.45) is 0. The molecule has 0 fully saturated rings. The van der Waals surface area contributed by atoms with Gasteiger partial charge in [0.25, 0.3) is 0 Å². The zero-order valence-corrected chi connectivity index (χ0v) is 17.3. The van der Waals surface area contributed by atoms with Crippen LogP contribution in [0.15, 0.2) is 65.6 Å². The lowest BCUT2D eigenvalue weighted by atomic mass is 9.98. The number of nitrogens with two attached hydrogens (primary N) is 2. The standard InChI is InChI=1S/C23H23N3O2S/c1-3-26-22-14-17(25)8-12-20(22)19-11-7-16(24)13-21(19)23(26)15-5-9-18(10-6-15)29(27,28)4-2/h5-14,25H,3-4,24H2,1-2H3/p+1. The summed E-state index contributed by atoms with van der Waals surface area (Å²) in [5.41, 5.74) is 16.5. The highest BCUT2D eigenvalue weighted by atomic mass is 32.2. The summed E-state index contributed by atoms with van der Waals surface area (Å²) in [6.45, 7) is 4.47. The molecule has 4 aromatic rings. The van der Waals surface area contributed by atoms with Gasteiger partial charge in [0.1, 0.15) is 6.54 Å². The summed E-state index contributed by atoms with van der Waals surface area (Å²) < 4.78 is 26.6. The minimum Gasteiger partial charge on any atom is -0.399 e. The van der Waals surface area contributed by atoms with E-state index in [4.69, 9.17) is 11.5 Å². The van der Waals surface area contributed by atoms with Crippen LogP contribution in [0.4, 0.5) is 11.4 Å². The van der Waals surface area contributed by atoms with E-state index in [2.05, 4.69) is 11.5 Å². The Balaban J connectivity index is 2.10. The Bertz CT molecular complexity index is 1340. The van der Waals surface area contributed by atoms with Gasteiger partial charge < -0.3 is 11.5 Å². The number of rotatable bonds is 4. The maximum atomic E-state index is 12.2. The van der Waals surface area contributed by atoms with E-state index in [1.165, 1.54) is 0 Å². The normalized spacial score (nSPS) is 11.9. The van der Waals surface area contributed by atoms with Crippen LogP contribution in [0.5, 0.6) is 0 Å². The maximum absolute atomic E-state index is 12.2. The van der Waals surface area contributed by atoms with Crippen molar-refractivity contribution in [3.8, 4) is 11.3 Å². The van der Waals surface area contributed by atoms with Crippen molar-refractivity contribution < 1.29 is 13.0 Å². The number of anilines is 2. The number of nitrogens with zero attached hydrogens (tertiary/aromatic N) is 1. The molecule has 1 heterocycles. The fourth-order valence-electron chi connectivity index (χ4n) is 3.88. The molecule has 3 aromatic carbocycles. The molecule has 0 aliphatic carbocycles. The molecule has 0 spiro atoms. The molecule has 5 nitrogen and oxygen atoms in total. The molecule has 1 aromatic heterocycles. The van der Waals surface area contributed by atoms with Crippen molar-refractivity contribution in [2.75, 3.05) is 17.2 Å². The number of fused-ring (bicyclic) bond motifs is 3. The monoisotopic (exact) mass is 406 g/mol. The van der Waals surface area contributed by atoms with Crippen LogP contribution in [0, 0.1) is 0 Å². The van der Waals surface area contributed by atoms with Crippen LogP contribution in [-0.2, 0) is 16.4 Å². The highest BCUT2D eigenvalue weighted by Gasteiger charge is 2.23. The van der Waals surface area contributed by atoms with E-state index in [-0.39, 0.29) is 5.75 Å². The van der Waals surface area contributed by atoms with Crippen molar-refractivity contribution in [3.63, 3.8) is 0 Å². The number of aryl methyl sites for hydroxylation is 1. The minimum atomic E-state index is -3.25. The first-order valence-electron chi connectivity index (χ1n) is 9.63. The van der Waals surface area contributed by atoms with Crippen molar-refractivity contribution >= 4 is 42.9 Å². The lowest BCUT2D eigenvalue weighted by molar-refractivity contribution is -0.655. The predicted molar refractivity (Wildman–Crippen MR) is 119 cm³/mol.